The van der Waals surface area contributed by atoms with Crippen molar-refractivity contribution in [3.8, 4) is 22.9 Å². The van der Waals surface area contributed by atoms with E-state index in [1.165, 1.54) is 7.11 Å². The smallest absolute Gasteiger partial charge is 0.172 e. The van der Waals surface area contributed by atoms with Gasteiger partial charge >= 0.3 is 0 Å². The number of ether oxygens (including phenoxy) is 1. The van der Waals surface area contributed by atoms with E-state index in [0.717, 1.165) is 0 Å². The Kier molecular flexibility index (Phi) is 4.18. The van der Waals surface area contributed by atoms with Crippen LogP contribution in [-0.4, -0.2) is 22.2 Å². The topological polar surface area (TPSA) is 55.2 Å². The second-order valence-electron chi connectivity index (χ2n) is 3.76. The Labute approximate surface area is 128 Å². The number of hydrogen-bond acceptors (Lipinski definition) is 4. The van der Waals surface area contributed by atoms with E-state index in [4.69, 9.17) is 27.9 Å². The van der Waals surface area contributed by atoms with Crippen LogP contribution in [0.4, 0.5) is 0 Å². The lowest BCUT2D eigenvalue weighted by atomic mass is 10.2. The van der Waals surface area contributed by atoms with Crippen molar-refractivity contribution in [3.63, 3.8) is 0 Å². The number of aromatic nitrogens is 2. The molecule has 2 aromatic rings. The summed E-state index contributed by atoms with van der Waals surface area (Å²) in [5.41, 5.74) is 1.25. The lowest BCUT2D eigenvalue weighted by molar-refractivity contribution is 0.372. The van der Waals surface area contributed by atoms with Crippen LogP contribution in [0.1, 0.15) is 5.56 Å². The number of nitrogens with zero attached hydrogens (tertiary/aromatic N) is 2. The molecule has 1 aromatic carbocycles. The third-order valence-electron chi connectivity index (χ3n) is 2.53. The minimum Gasteiger partial charge on any atom is -0.503 e. The van der Waals surface area contributed by atoms with Gasteiger partial charge in [0.1, 0.15) is 10.3 Å². The molecule has 1 aromatic heterocycles. The van der Waals surface area contributed by atoms with E-state index >= 15 is 0 Å². The molecule has 0 bridgehead atoms. The zero-order valence-electron chi connectivity index (χ0n) is 10.0. The van der Waals surface area contributed by atoms with Crippen LogP contribution < -0.4 is 4.74 Å². The van der Waals surface area contributed by atoms with E-state index in [9.17, 15) is 5.11 Å². The summed E-state index contributed by atoms with van der Waals surface area (Å²) in [7, 11) is 1.46. The lowest BCUT2D eigenvalue weighted by Crippen LogP contribution is -1.95. The average Bonchev–Trinajstić information content (AvgIpc) is 2.38. The molecule has 0 saturated heterocycles. The fourth-order valence-electron chi connectivity index (χ4n) is 1.45. The molecule has 1 heterocycles. The Morgan fingerprint density at radius 1 is 1.21 bits per heavy atom. The predicted molar refractivity (Wildman–Crippen MR) is 78.1 cm³/mol. The van der Waals surface area contributed by atoms with E-state index in [0.29, 0.717) is 27.2 Å². The first kappa shape index (κ1) is 14.4. The van der Waals surface area contributed by atoms with Gasteiger partial charge in [-0.05, 0) is 35.0 Å². The Morgan fingerprint density at radius 2 is 1.79 bits per heavy atom. The summed E-state index contributed by atoms with van der Waals surface area (Å²) in [5, 5.41) is 10.3. The van der Waals surface area contributed by atoms with Crippen molar-refractivity contribution in [2.45, 2.75) is 6.92 Å². The second-order valence-corrected chi connectivity index (χ2v) is 5.33. The molecule has 100 valence electrons. The molecule has 4 nitrogen and oxygen atoms in total. The van der Waals surface area contributed by atoms with Crippen molar-refractivity contribution < 1.29 is 9.84 Å². The molecule has 0 spiro atoms. The fraction of sp³-hybridized carbons (Fsp3) is 0.167. The highest BCUT2D eigenvalue weighted by Gasteiger charge is 2.14. The van der Waals surface area contributed by atoms with E-state index in [-0.39, 0.29) is 16.1 Å². The van der Waals surface area contributed by atoms with Crippen molar-refractivity contribution in [1.82, 2.24) is 9.97 Å². The van der Waals surface area contributed by atoms with Crippen molar-refractivity contribution in [3.05, 3.63) is 32.5 Å². The van der Waals surface area contributed by atoms with Crippen LogP contribution in [0.25, 0.3) is 11.4 Å². The third-order valence-corrected chi connectivity index (χ3v) is 3.87. The molecule has 0 atom stereocenters. The largest absolute Gasteiger partial charge is 0.503 e. The molecule has 0 unspecified atom stereocenters. The molecular formula is C12H9BrCl2N2O2. The molecule has 1 N–H and O–H groups in total. The van der Waals surface area contributed by atoms with Crippen LogP contribution >= 0.6 is 39.1 Å². The molecular weight excluding hydrogens is 355 g/mol. The first-order valence-corrected chi connectivity index (χ1v) is 6.75. The first-order valence-electron chi connectivity index (χ1n) is 5.20. The number of benzene rings is 1. The highest BCUT2D eigenvalue weighted by Crippen LogP contribution is 2.38. The maximum absolute atomic E-state index is 9.76. The number of methoxy groups -OCH3 is 1. The summed E-state index contributed by atoms with van der Waals surface area (Å²) in [6, 6.07) is 3.27. The van der Waals surface area contributed by atoms with E-state index in [1.54, 1.807) is 19.1 Å². The highest BCUT2D eigenvalue weighted by atomic mass is 79.9. The number of halogens is 3. The minimum atomic E-state index is 0.00977. The van der Waals surface area contributed by atoms with Gasteiger partial charge in [-0.1, -0.05) is 23.2 Å². The number of phenols is 1. The van der Waals surface area contributed by atoms with Crippen molar-refractivity contribution >= 4 is 39.1 Å². The minimum absolute atomic E-state index is 0.00977. The summed E-state index contributed by atoms with van der Waals surface area (Å²) in [5.74, 6) is 0.677. The molecule has 2 rings (SSSR count). The average molecular weight is 364 g/mol. The quantitative estimate of drug-likeness (QED) is 0.811. The molecule has 0 aliphatic heterocycles. The maximum atomic E-state index is 9.76. The van der Waals surface area contributed by atoms with Gasteiger partial charge in [-0.2, -0.15) is 0 Å². The molecule has 19 heavy (non-hydrogen) atoms. The van der Waals surface area contributed by atoms with Gasteiger partial charge < -0.3 is 9.84 Å². The van der Waals surface area contributed by atoms with Crippen LogP contribution in [0.15, 0.2) is 16.6 Å². The predicted octanol–water partition coefficient (Wildman–Crippen LogP) is 4.24. The van der Waals surface area contributed by atoms with Crippen molar-refractivity contribution in [2.24, 2.45) is 0 Å². The first-order chi connectivity index (χ1) is 8.93. The van der Waals surface area contributed by atoms with E-state index in [1.807, 2.05) is 0 Å². The molecule has 0 fully saturated rings. The monoisotopic (exact) mass is 362 g/mol. The Bertz CT molecular complexity index is 627. The summed E-state index contributed by atoms with van der Waals surface area (Å²) in [6.45, 7) is 1.74. The fourth-order valence-corrected chi connectivity index (χ4v) is 2.28. The van der Waals surface area contributed by atoms with Gasteiger partial charge in [0.15, 0.2) is 17.3 Å². The highest BCUT2D eigenvalue weighted by molar-refractivity contribution is 9.10. The summed E-state index contributed by atoms with van der Waals surface area (Å²) >= 11 is 15.2. The molecule has 0 amide bonds. The van der Waals surface area contributed by atoms with Crippen LogP contribution in [0.5, 0.6) is 11.5 Å². The van der Waals surface area contributed by atoms with E-state index in [2.05, 4.69) is 25.9 Å². The number of hydrogen-bond donors (Lipinski definition) is 1. The summed E-state index contributed by atoms with van der Waals surface area (Å²) < 4.78 is 5.54. The Balaban J connectivity index is 2.62. The standard InChI is InChI=1S/C12H9BrCl2N2O2/c1-5-10(14)16-12(17-11(5)15)6-3-7(13)9(18)8(4-6)19-2/h3-4,18H,1-2H3. The van der Waals surface area contributed by atoms with Crippen LogP contribution in [0.2, 0.25) is 10.3 Å². The molecule has 0 saturated carbocycles. The van der Waals surface area contributed by atoms with Gasteiger partial charge in [0, 0.05) is 11.1 Å². The van der Waals surface area contributed by atoms with Gasteiger partial charge in [-0.3, -0.25) is 0 Å². The van der Waals surface area contributed by atoms with Gasteiger partial charge in [-0.15, -0.1) is 0 Å². The van der Waals surface area contributed by atoms with Gasteiger partial charge in [0.2, 0.25) is 0 Å². The van der Waals surface area contributed by atoms with Crippen LogP contribution in [0.3, 0.4) is 0 Å². The SMILES string of the molecule is COc1cc(-c2nc(Cl)c(C)c(Cl)n2)cc(Br)c1O. The normalized spacial score (nSPS) is 10.6. The van der Waals surface area contributed by atoms with Gasteiger partial charge in [0.25, 0.3) is 0 Å². The Hall–Kier alpha value is -1.04. The van der Waals surface area contributed by atoms with Crippen LogP contribution in [0, 0.1) is 6.92 Å². The second kappa shape index (κ2) is 5.53. The van der Waals surface area contributed by atoms with Crippen molar-refractivity contribution in [2.75, 3.05) is 7.11 Å². The zero-order chi connectivity index (χ0) is 14.2. The lowest BCUT2D eigenvalue weighted by Gasteiger charge is -2.09. The number of phenolic OH excluding ortho intramolecular Hbond substituents is 1. The zero-order valence-corrected chi connectivity index (χ0v) is 13.1. The molecule has 0 radical (unpaired) electrons. The number of aromatic hydroxyl groups is 1. The van der Waals surface area contributed by atoms with Gasteiger partial charge in [-0.25, -0.2) is 9.97 Å². The number of rotatable bonds is 2. The third kappa shape index (κ3) is 2.78. The summed E-state index contributed by atoms with van der Waals surface area (Å²) in [4.78, 5) is 8.32. The summed E-state index contributed by atoms with van der Waals surface area (Å²) in [6.07, 6.45) is 0. The van der Waals surface area contributed by atoms with Crippen LogP contribution in [-0.2, 0) is 0 Å². The molecule has 0 aliphatic rings. The van der Waals surface area contributed by atoms with Gasteiger partial charge in [0.05, 0.1) is 11.6 Å². The molecule has 0 aliphatic carbocycles. The maximum Gasteiger partial charge on any atom is 0.172 e. The van der Waals surface area contributed by atoms with Crippen molar-refractivity contribution in [1.29, 1.82) is 0 Å². The molecule has 7 heteroatoms. The van der Waals surface area contributed by atoms with E-state index < -0.39 is 0 Å². The Morgan fingerprint density at radius 3 is 2.32 bits per heavy atom.